The Kier molecular flexibility index (Phi) is 14.1. The number of carbonyl (C=O) groups is 2. The Balaban J connectivity index is 0.000000984. The highest BCUT2D eigenvalue weighted by atomic mass is 35.5. The van der Waals surface area contributed by atoms with Gasteiger partial charge in [-0.3, -0.25) is 4.79 Å². The summed E-state index contributed by atoms with van der Waals surface area (Å²) in [6.07, 6.45) is -4.66. The summed E-state index contributed by atoms with van der Waals surface area (Å²) < 4.78 is 71.0. The Bertz CT molecular complexity index is 1700. The molecule has 7 N–H and O–H groups in total. The molecule has 0 fully saturated rings. The minimum atomic E-state index is -5.08. The summed E-state index contributed by atoms with van der Waals surface area (Å²) in [6.45, 7) is 0.593. The molecule has 0 aromatic heterocycles. The van der Waals surface area contributed by atoms with E-state index in [1.165, 1.54) is 24.3 Å². The number of alkyl halides is 3. The number of benzene rings is 3. The van der Waals surface area contributed by atoms with Crippen molar-refractivity contribution in [3.63, 3.8) is 0 Å². The van der Waals surface area contributed by atoms with Crippen molar-refractivity contribution in [2.45, 2.75) is 30.0 Å². The van der Waals surface area contributed by atoms with E-state index in [4.69, 9.17) is 47.3 Å². The van der Waals surface area contributed by atoms with Crippen LogP contribution < -0.4 is 25.7 Å². The molecule has 3 rings (SSSR count). The van der Waals surface area contributed by atoms with Gasteiger partial charge in [-0.05, 0) is 65.7 Å². The molecule has 0 saturated carbocycles. The molecular formula is C28H27ClF3N5O9S. The van der Waals surface area contributed by atoms with Crippen LogP contribution in [0.15, 0.2) is 76.8 Å². The molecule has 0 bridgehead atoms. The van der Waals surface area contributed by atoms with Crippen LogP contribution >= 0.6 is 11.6 Å². The van der Waals surface area contributed by atoms with Crippen molar-refractivity contribution in [2.75, 3.05) is 13.2 Å². The lowest BCUT2D eigenvalue weighted by Crippen LogP contribution is -2.42. The molecule has 47 heavy (non-hydrogen) atoms. The Morgan fingerprint density at radius 3 is 2.13 bits per heavy atom. The number of rotatable bonds is 14. The van der Waals surface area contributed by atoms with E-state index in [0.717, 1.165) is 0 Å². The molecule has 0 aliphatic rings. The molecule has 0 spiro atoms. The number of oxime groups is 1. The van der Waals surface area contributed by atoms with Crippen LogP contribution in [0.2, 0.25) is 5.02 Å². The summed E-state index contributed by atoms with van der Waals surface area (Å²) in [7, 11) is -4.19. The summed E-state index contributed by atoms with van der Waals surface area (Å²) >= 11 is 6.01. The Morgan fingerprint density at radius 2 is 1.60 bits per heavy atom. The average Bonchev–Trinajstić information content (AvgIpc) is 2.99. The fraction of sp³-hybridized carbons (Fsp3) is 0.214. The van der Waals surface area contributed by atoms with E-state index in [0.29, 0.717) is 24.3 Å². The zero-order valence-electron chi connectivity index (χ0n) is 24.0. The van der Waals surface area contributed by atoms with Gasteiger partial charge < -0.3 is 36.0 Å². The van der Waals surface area contributed by atoms with E-state index < -0.39 is 34.2 Å². The minimum Gasteiger partial charge on any atom is -0.493 e. The van der Waals surface area contributed by atoms with E-state index in [1.54, 1.807) is 42.5 Å². The molecule has 0 aliphatic carbocycles. The standard InChI is InChI=1S/C26H26ClN5O7S.C2HF3O2/c27-22-3-1-4-24(21(22)16-28)39-19-9-11-20(12-10-19)40(35,36)32-23(25(33)34)15-17-5-7-18(8-6-17)37-13-2-14-38-31-26(29)30;3-2(4,5)1(6)7/h1,3-12,23,32H,2,13-15H2,(H,33,34)(H4,29,30,31);(H,6,7)/t23-;/m0./s1. The predicted octanol–water partition coefficient (Wildman–Crippen LogP) is 3.59. The first kappa shape index (κ1) is 37.9. The third-order valence-corrected chi connectivity index (χ3v) is 7.27. The Morgan fingerprint density at radius 1 is 1.00 bits per heavy atom. The number of guanidine groups is 1. The topological polar surface area (TPSA) is 237 Å². The van der Waals surface area contributed by atoms with Crippen LogP contribution in [-0.2, 0) is 30.9 Å². The summed E-state index contributed by atoms with van der Waals surface area (Å²) in [4.78, 5) is 25.4. The van der Waals surface area contributed by atoms with Crippen molar-refractivity contribution in [3.05, 3.63) is 82.9 Å². The van der Waals surface area contributed by atoms with Crippen LogP contribution in [0.5, 0.6) is 17.2 Å². The van der Waals surface area contributed by atoms with Crippen LogP contribution in [0, 0.1) is 11.3 Å². The number of nitriles is 1. The molecule has 1 atom stereocenters. The lowest BCUT2D eigenvalue weighted by Gasteiger charge is -2.16. The van der Waals surface area contributed by atoms with Crippen molar-refractivity contribution in [2.24, 2.45) is 16.6 Å². The van der Waals surface area contributed by atoms with E-state index in [2.05, 4.69) is 9.88 Å². The summed E-state index contributed by atoms with van der Waals surface area (Å²) in [6, 6.07) is 17.1. The van der Waals surface area contributed by atoms with Gasteiger partial charge in [0.25, 0.3) is 0 Å². The summed E-state index contributed by atoms with van der Waals surface area (Å²) in [5.74, 6) is -3.26. The van der Waals surface area contributed by atoms with Gasteiger partial charge in [-0.15, -0.1) is 0 Å². The number of halogens is 4. The van der Waals surface area contributed by atoms with Crippen LogP contribution in [0.25, 0.3) is 0 Å². The zero-order chi connectivity index (χ0) is 35.2. The maximum absolute atomic E-state index is 12.9. The number of carboxylic acid groups (broad SMARTS) is 2. The molecule has 14 nitrogen and oxygen atoms in total. The maximum Gasteiger partial charge on any atom is 0.490 e. The second-order valence-electron chi connectivity index (χ2n) is 9.01. The number of aliphatic carboxylic acids is 2. The molecule has 0 unspecified atom stereocenters. The van der Waals surface area contributed by atoms with Crippen molar-refractivity contribution in [1.29, 1.82) is 5.26 Å². The molecule has 0 amide bonds. The highest BCUT2D eigenvalue weighted by molar-refractivity contribution is 7.89. The molecule has 3 aromatic carbocycles. The van der Waals surface area contributed by atoms with Gasteiger partial charge in [-0.25, -0.2) is 13.2 Å². The number of nitrogens with two attached hydrogens (primary N) is 2. The van der Waals surface area contributed by atoms with Gasteiger partial charge in [-0.2, -0.15) is 23.2 Å². The molecule has 3 aromatic rings. The van der Waals surface area contributed by atoms with Crippen LogP contribution in [0.1, 0.15) is 17.5 Å². The molecule has 252 valence electrons. The van der Waals surface area contributed by atoms with Gasteiger partial charge in [-0.1, -0.05) is 29.8 Å². The Labute approximate surface area is 270 Å². The number of sulfonamides is 1. The number of hydrogen-bond acceptors (Lipinski definition) is 9. The largest absolute Gasteiger partial charge is 0.493 e. The number of hydrogen-bond donors (Lipinski definition) is 5. The highest BCUT2D eigenvalue weighted by Gasteiger charge is 2.38. The van der Waals surface area contributed by atoms with E-state index >= 15 is 0 Å². The van der Waals surface area contributed by atoms with Gasteiger partial charge in [0.2, 0.25) is 16.0 Å². The van der Waals surface area contributed by atoms with Gasteiger partial charge >= 0.3 is 18.1 Å². The number of nitrogens with zero attached hydrogens (tertiary/aromatic N) is 2. The molecule has 19 heteroatoms. The van der Waals surface area contributed by atoms with Gasteiger partial charge in [0.1, 0.15) is 41.5 Å². The van der Waals surface area contributed by atoms with Gasteiger partial charge in [0.15, 0.2) is 0 Å². The summed E-state index contributed by atoms with van der Waals surface area (Å²) in [5.41, 5.74) is 11.0. The van der Waals surface area contributed by atoms with Gasteiger partial charge in [0, 0.05) is 6.42 Å². The first-order valence-corrected chi connectivity index (χ1v) is 14.8. The maximum atomic E-state index is 12.9. The quantitative estimate of drug-likeness (QED) is 0.0702. The van der Waals surface area contributed by atoms with E-state index in [9.17, 15) is 36.8 Å². The molecule has 0 heterocycles. The normalized spacial score (nSPS) is 11.6. The SMILES string of the molecule is N#Cc1c(Cl)cccc1Oc1ccc(S(=O)(=O)N[C@@H](Cc2ccc(OCCCON=C(N)N)cc2)C(=O)O)cc1.O=C(O)C(F)(F)F. The second kappa shape index (κ2) is 17.4. The molecule has 0 radical (unpaired) electrons. The third kappa shape index (κ3) is 12.9. The monoisotopic (exact) mass is 701 g/mol. The smallest absolute Gasteiger partial charge is 0.490 e. The summed E-state index contributed by atoms with van der Waals surface area (Å²) in [5, 5.41) is 29.7. The molecule has 0 aliphatic heterocycles. The van der Waals surface area contributed by atoms with Crippen molar-refractivity contribution in [1.82, 2.24) is 4.72 Å². The average molecular weight is 702 g/mol. The van der Waals surface area contributed by atoms with Crippen molar-refractivity contribution in [3.8, 4) is 23.3 Å². The minimum absolute atomic E-state index is 0.103. The van der Waals surface area contributed by atoms with Crippen molar-refractivity contribution < 1.29 is 55.7 Å². The fourth-order valence-electron chi connectivity index (χ4n) is 3.34. The molecular weight excluding hydrogens is 675 g/mol. The predicted molar refractivity (Wildman–Crippen MR) is 160 cm³/mol. The number of nitrogens with one attached hydrogen (secondary N) is 1. The van der Waals surface area contributed by atoms with E-state index in [-0.39, 0.29) is 46.0 Å². The molecule has 0 saturated heterocycles. The number of carboxylic acids is 2. The lowest BCUT2D eigenvalue weighted by atomic mass is 10.1. The second-order valence-corrected chi connectivity index (χ2v) is 11.1. The third-order valence-electron chi connectivity index (χ3n) is 5.47. The lowest BCUT2D eigenvalue weighted by molar-refractivity contribution is -0.192. The van der Waals surface area contributed by atoms with Gasteiger partial charge in [0.05, 0.1) is 16.5 Å². The highest BCUT2D eigenvalue weighted by Crippen LogP contribution is 2.30. The first-order chi connectivity index (χ1) is 22.0. The van der Waals surface area contributed by atoms with Crippen LogP contribution in [0.4, 0.5) is 13.2 Å². The zero-order valence-corrected chi connectivity index (χ0v) is 25.6. The fourth-order valence-corrected chi connectivity index (χ4v) is 4.73. The van der Waals surface area contributed by atoms with Crippen molar-refractivity contribution >= 4 is 39.5 Å². The Hall–Kier alpha value is -5.25. The van der Waals surface area contributed by atoms with E-state index in [1.807, 2.05) is 6.07 Å². The van der Waals surface area contributed by atoms with Crippen LogP contribution in [0.3, 0.4) is 0 Å². The first-order valence-electron chi connectivity index (χ1n) is 13.0. The van der Waals surface area contributed by atoms with Crippen LogP contribution in [-0.4, -0.2) is 62.0 Å². The number of ether oxygens (including phenoxy) is 2.